The van der Waals surface area contributed by atoms with Crippen LogP contribution in [0.3, 0.4) is 0 Å². The maximum atomic E-state index is 4.17. The third-order valence-corrected chi connectivity index (χ3v) is 5.81. The molecular formula is C12H18N4S3. The molecule has 0 saturated heterocycles. The van der Waals surface area contributed by atoms with Crippen LogP contribution in [0.4, 0.5) is 5.13 Å². The summed E-state index contributed by atoms with van der Waals surface area (Å²) in [5.41, 5.74) is 0. The predicted octanol–water partition coefficient (Wildman–Crippen LogP) is 3.11. The third kappa shape index (κ3) is 4.45. The molecule has 0 saturated carbocycles. The highest BCUT2D eigenvalue weighted by Crippen LogP contribution is 2.26. The molecular weight excluding hydrogens is 296 g/mol. The van der Waals surface area contributed by atoms with E-state index in [4.69, 9.17) is 0 Å². The van der Waals surface area contributed by atoms with Crippen LogP contribution in [0.5, 0.6) is 0 Å². The normalized spacial score (nSPS) is 12.6. The number of hydrogen-bond acceptors (Lipinski definition) is 7. The summed E-state index contributed by atoms with van der Waals surface area (Å²) in [4.78, 5) is 3.37. The Morgan fingerprint density at radius 2 is 2.26 bits per heavy atom. The van der Waals surface area contributed by atoms with Crippen molar-refractivity contribution in [2.45, 2.75) is 17.3 Å². The van der Waals surface area contributed by atoms with Crippen LogP contribution in [0, 0.1) is 0 Å². The summed E-state index contributed by atoms with van der Waals surface area (Å²) in [6, 6.07) is 4.69. The average Bonchev–Trinajstić information content (AvgIpc) is 3.05. The van der Waals surface area contributed by atoms with Gasteiger partial charge in [0.25, 0.3) is 0 Å². The number of thioether (sulfide) groups is 1. The van der Waals surface area contributed by atoms with Gasteiger partial charge in [-0.2, -0.15) is 0 Å². The molecule has 2 heterocycles. The van der Waals surface area contributed by atoms with Gasteiger partial charge in [0, 0.05) is 37.3 Å². The second-order valence-electron chi connectivity index (χ2n) is 4.28. The summed E-state index contributed by atoms with van der Waals surface area (Å²) in [6.07, 6.45) is 0. The highest BCUT2D eigenvalue weighted by atomic mass is 32.2. The Balaban J connectivity index is 1.69. The second-order valence-corrected chi connectivity index (χ2v) is 7.56. The molecule has 0 aliphatic carbocycles. The molecule has 4 nitrogen and oxygen atoms in total. The van der Waals surface area contributed by atoms with E-state index in [1.807, 2.05) is 19.0 Å². The minimum Gasteiger partial charge on any atom is -0.353 e. The number of nitrogens with one attached hydrogen (secondary N) is 1. The first-order valence-electron chi connectivity index (χ1n) is 6.07. The maximum Gasteiger partial charge on any atom is 0.208 e. The molecule has 2 rings (SSSR count). The van der Waals surface area contributed by atoms with Crippen molar-refractivity contribution in [1.82, 2.24) is 15.5 Å². The zero-order chi connectivity index (χ0) is 13.7. The Bertz CT molecular complexity index is 481. The highest BCUT2D eigenvalue weighted by Gasteiger charge is 2.07. The molecule has 0 radical (unpaired) electrons. The monoisotopic (exact) mass is 314 g/mol. The van der Waals surface area contributed by atoms with Crippen molar-refractivity contribution in [3.05, 3.63) is 22.4 Å². The summed E-state index contributed by atoms with van der Waals surface area (Å²) < 4.78 is 1.04. The van der Waals surface area contributed by atoms with Crippen LogP contribution in [-0.2, 0) is 0 Å². The summed E-state index contributed by atoms with van der Waals surface area (Å²) in [5.74, 6) is 1.01. The maximum absolute atomic E-state index is 4.17. The van der Waals surface area contributed by atoms with E-state index in [2.05, 4.69) is 40.0 Å². The van der Waals surface area contributed by atoms with Gasteiger partial charge in [-0.3, -0.25) is 0 Å². The van der Waals surface area contributed by atoms with Crippen LogP contribution >= 0.6 is 34.4 Å². The Morgan fingerprint density at radius 3 is 2.89 bits per heavy atom. The number of anilines is 1. The van der Waals surface area contributed by atoms with Gasteiger partial charge in [-0.05, 0) is 18.4 Å². The zero-order valence-corrected chi connectivity index (χ0v) is 13.7. The van der Waals surface area contributed by atoms with E-state index < -0.39 is 0 Å². The lowest BCUT2D eigenvalue weighted by atomic mass is 10.3. The van der Waals surface area contributed by atoms with Crippen LogP contribution in [0.15, 0.2) is 21.9 Å². The molecule has 0 fully saturated rings. The summed E-state index contributed by atoms with van der Waals surface area (Å²) in [6.45, 7) is 3.17. The van der Waals surface area contributed by atoms with Crippen molar-refractivity contribution in [1.29, 1.82) is 0 Å². The van der Waals surface area contributed by atoms with Crippen LogP contribution in [0.2, 0.25) is 0 Å². The topological polar surface area (TPSA) is 41.1 Å². The number of thiophene rings is 1. The number of nitrogens with zero attached hydrogens (tertiary/aromatic N) is 3. The van der Waals surface area contributed by atoms with E-state index in [0.717, 1.165) is 21.8 Å². The molecule has 104 valence electrons. The summed E-state index contributed by atoms with van der Waals surface area (Å²) >= 11 is 5.19. The molecule has 0 aliphatic heterocycles. The van der Waals surface area contributed by atoms with Crippen LogP contribution < -0.4 is 10.2 Å². The SMILES string of the molecule is CC(NCCSc1nnc(N(C)C)s1)c1cccs1. The lowest BCUT2D eigenvalue weighted by Gasteiger charge is -2.10. The van der Waals surface area contributed by atoms with Gasteiger partial charge in [0.15, 0.2) is 4.34 Å². The molecule has 0 spiro atoms. The van der Waals surface area contributed by atoms with E-state index in [-0.39, 0.29) is 0 Å². The third-order valence-electron chi connectivity index (χ3n) is 2.53. The van der Waals surface area contributed by atoms with E-state index in [9.17, 15) is 0 Å². The highest BCUT2D eigenvalue weighted by molar-refractivity contribution is 8.01. The average molecular weight is 315 g/mol. The van der Waals surface area contributed by atoms with Crippen LogP contribution in [0.1, 0.15) is 17.8 Å². The molecule has 1 unspecified atom stereocenters. The fourth-order valence-electron chi connectivity index (χ4n) is 1.49. The predicted molar refractivity (Wildman–Crippen MR) is 85.7 cm³/mol. The Morgan fingerprint density at radius 1 is 1.42 bits per heavy atom. The smallest absolute Gasteiger partial charge is 0.208 e. The lowest BCUT2D eigenvalue weighted by Crippen LogP contribution is -2.20. The summed E-state index contributed by atoms with van der Waals surface area (Å²) in [5, 5.41) is 14.9. The van der Waals surface area contributed by atoms with E-state index in [1.165, 1.54) is 4.88 Å². The summed E-state index contributed by atoms with van der Waals surface area (Å²) in [7, 11) is 3.97. The minimum atomic E-state index is 0.423. The molecule has 0 aliphatic rings. The van der Waals surface area contributed by atoms with Crippen molar-refractivity contribution in [2.24, 2.45) is 0 Å². The molecule has 19 heavy (non-hydrogen) atoms. The zero-order valence-electron chi connectivity index (χ0n) is 11.3. The molecule has 0 amide bonds. The Labute approximate surface area is 126 Å². The van der Waals surface area contributed by atoms with Crippen molar-refractivity contribution >= 4 is 39.6 Å². The van der Waals surface area contributed by atoms with Crippen molar-refractivity contribution in [3.8, 4) is 0 Å². The van der Waals surface area contributed by atoms with Gasteiger partial charge in [0.2, 0.25) is 5.13 Å². The molecule has 1 atom stereocenters. The number of hydrogen-bond donors (Lipinski definition) is 1. The van der Waals surface area contributed by atoms with E-state index in [0.29, 0.717) is 6.04 Å². The fourth-order valence-corrected chi connectivity index (χ4v) is 3.96. The van der Waals surface area contributed by atoms with Gasteiger partial charge in [0.05, 0.1) is 0 Å². The molecule has 2 aromatic heterocycles. The Hall–Kier alpha value is -0.630. The van der Waals surface area contributed by atoms with Gasteiger partial charge in [-0.15, -0.1) is 21.5 Å². The first kappa shape index (κ1) is 14.8. The van der Waals surface area contributed by atoms with Crippen molar-refractivity contribution in [2.75, 3.05) is 31.3 Å². The molecule has 7 heteroatoms. The lowest BCUT2D eigenvalue weighted by molar-refractivity contribution is 0.610. The van der Waals surface area contributed by atoms with Crippen molar-refractivity contribution < 1.29 is 0 Å². The van der Waals surface area contributed by atoms with Crippen LogP contribution in [-0.4, -0.2) is 36.6 Å². The number of aromatic nitrogens is 2. The first-order valence-corrected chi connectivity index (χ1v) is 8.75. The van der Waals surface area contributed by atoms with E-state index >= 15 is 0 Å². The van der Waals surface area contributed by atoms with Crippen molar-refractivity contribution in [3.63, 3.8) is 0 Å². The fraction of sp³-hybridized carbons (Fsp3) is 0.500. The molecule has 0 aromatic carbocycles. The first-order chi connectivity index (χ1) is 9.16. The largest absolute Gasteiger partial charge is 0.353 e. The van der Waals surface area contributed by atoms with E-state index in [1.54, 1.807) is 34.4 Å². The molecule has 2 aromatic rings. The quantitative estimate of drug-likeness (QED) is 0.628. The van der Waals surface area contributed by atoms with Gasteiger partial charge in [-0.1, -0.05) is 29.2 Å². The number of rotatable bonds is 7. The van der Waals surface area contributed by atoms with Crippen LogP contribution in [0.25, 0.3) is 0 Å². The minimum absolute atomic E-state index is 0.423. The second kappa shape index (κ2) is 7.23. The van der Waals surface area contributed by atoms with Gasteiger partial charge >= 0.3 is 0 Å². The van der Waals surface area contributed by atoms with Gasteiger partial charge in [0.1, 0.15) is 0 Å². The molecule has 0 bridgehead atoms. The standard InChI is InChI=1S/C12H18N4S3/c1-9(10-5-4-7-17-10)13-6-8-18-12-15-14-11(19-12)16(2)3/h4-5,7,9,13H,6,8H2,1-3H3. The van der Waals surface area contributed by atoms with Gasteiger partial charge in [-0.25, -0.2) is 0 Å². The molecule has 1 N–H and O–H groups in total. The Kier molecular flexibility index (Phi) is 5.62. The van der Waals surface area contributed by atoms with Gasteiger partial charge < -0.3 is 10.2 Å².